The molecule has 0 aliphatic heterocycles. The van der Waals surface area contributed by atoms with Crippen LogP contribution < -0.4 is 5.32 Å². The molecule has 1 aromatic carbocycles. The fraction of sp³-hybridized carbons (Fsp3) is 0.360. The van der Waals surface area contributed by atoms with E-state index in [9.17, 15) is 4.79 Å². The van der Waals surface area contributed by atoms with E-state index in [4.69, 9.17) is 11.6 Å². The normalized spacial score (nSPS) is 10.9. The van der Waals surface area contributed by atoms with Gasteiger partial charge in [0.1, 0.15) is 0 Å². The Morgan fingerprint density at radius 2 is 1.91 bits per heavy atom. The molecule has 0 fully saturated rings. The molecular formula is C25H34ClN5O. The first-order chi connectivity index (χ1) is 15.4. The second kappa shape index (κ2) is 14.1. The molecular weight excluding hydrogens is 422 g/mol. The zero-order valence-corrected chi connectivity index (χ0v) is 20.8. The van der Waals surface area contributed by atoms with Crippen molar-refractivity contribution in [3.05, 3.63) is 52.9 Å². The number of aromatic amines is 1. The van der Waals surface area contributed by atoms with Crippen LogP contribution in [-0.4, -0.2) is 26.9 Å². The molecule has 0 radical (unpaired) electrons. The molecule has 3 rings (SSSR count). The molecule has 2 aromatic heterocycles. The Hall–Kier alpha value is -2.99. The number of H-pyrrole nitrogens is 1. The van der Waals surface area contributed by atoms with Crippen LogP contribution in [0.3, 0.4) is 0 Å². The smallest absolute Gasteiger partial charge is 0.227 e. The molecule has 0 saturated heterocycles. The maximum absolute atomic E-state index is 11.6. The molecule has 0 amide bonds. The lowest BCUT2D eigenvalue weighted by molar-refractivity contribution is 0.101. The molecule has 2 N–H and O–H groups in total. The van der Waals surface area contributed by atoms with Gasteiger partial charge in [-0.2, -0.15) is 0 Å². The van der Waals surface area contributed by atoms with E-state index in [-0.39, 0.29) is 5.78 Å². The standard InChI is InChI=1S/C20H20ClN5O.C3H8.C2H6/c1-4-7-22-16(5-2)17-6-8-23-20(26-17)24-14-9-13-10-18(12(3)27)25-19(13)15(21)11-14;1-3-2;1-2/h5-11,25H,4H2,1-3H3,(H,23,24,26);3H2,1-2H3;1-2H3/b16-5-,22-7?;;. The molecule has 172 valence electrons. The molecule has 3 aromatic rings. The number of halogens is 1. The van der Waals surface area contributed by atoms with Crippen molar-refractivity contribution in [2.24, 2.45) is 4.99 Å². The average Bonchev–Trinajstić information content (AvgIpc) is 3.22. The van der Waals surface area contributed by atoms with E-state index in [1.54, 1.807) is 18.3 Å². The first-order valence-electron chi connectivity index (χ1n) is 11.1. The molecule has 7 heteroatoms. The zero-order chi connectivity index (χ0) is 24.1. The van der Waals surface area contributed by atoms with Gasteiger partial charge in [0.2, 0.25) is 5.95 Å². The molecule has 0 unspecified atom stereocenters. The van der Waals surface area contributed by atoms with E-state index < -0.39 is 0 Å². The Labute approximate surface area is 196 Å². The molecule has 0 spiro atoms. The third-order valence-corrected chi connectivity index (χ3v) is 4.22. The Balaban J connectivity index is 0.000000944. The summed E-state index contributed by atoms with van der Waals surface area (Å²) in [5.74, 6) is 0.399. The quantitative estimate of drug-likeness (QED) is 0.293. The zero-order valence-electron chi connectivity index (χ0n) is 20.1. The SMILES string of the molecule is C/C=C(\N=CCC)c1ccnc(Nc2cc(Cl)c3[nH]c(C(C)=O)cc3c2)n1.CC.CCC. The maximum Gasteiger partial charge on any atom is 0.227 e. The van der Waals surface area contributed by atoms with Gasteiger partial charge in [-0.25, -0.2) is 9.97 Å². The van der Waals surface area contributed by atoms with Crippen LogP contribution in [-0.2, 0) is 0 Å². The number of Topliss-reactive ketones (excluding diaryl/α,β-unsaturated/α-hetero) is 1. The number of benzene rings is 1. The van der Waals surface area contributed by atoms with Crippen molar-refractivity contribution in [3.8, 4) is 0 Å². The summed E-state index contributed by atoms with van der Waals surface area (Å²) in [7, 11) is 0. The number of ketones is 1. The van der Waals surface area contributed by atoms with Crippen molar-refractivity contribution >= 4 is 51.8 Å². The third-order valence-electron chi connectivity index (χ3n) is 3.92. The van der Waals surface area contributed by atoms with Crippen LogP contribution in [0.15, 0.2) is 41.5 Å². The van der Waals surface area contributed by atoms with E-state index >= 15 is 0 Å². The van der Waals surface area contributed by atoms with Gasteiger partial charge in [-0.1, -0.05) is 58.7 Å². The number of aliphatic imine (C=N–C) groups is 1. The van der Waals surface area contributed by atoms with E-state index in [1.165, 1.54) is 13.3 Å². The fourth-order valence-electron chi connectivity index (χ4n) is 2.63. The average molecular weight is 456 g/mol. The van der Waals surface area contributed by atoms with Gasteiger partial charge in [-0.3, -0.25) is 9.79 Å². The van der Waals surface area contributed by atoms with Crippen LogP contribution in [0.2, 0.25) is 5.02 Å². The highest BCUT2D eigenvalue weighted by Gasteiger charge is 2.10. The lowest BCUT2D eigenvalue weighted by atomic mass is 10.2. The molecule has 2 heterocycles. The minimum atomic E-state index is -0.0423. The summed E-state index contributed by atoms with van der Waals surface area (Å²) in [6.45, 7) is 13.7. The van der Waals surface area contributed by atoms with Gasteiger partial charge >= 0.3 is 0 Å². The van der Waals surface area contributed by atoms with Gasteiger partial charge in [-0.15, -0.1) is 0 Å². The number of fused-ring (bicyclic) bond motifs is 1. The monoisotopic (exact) mass is 455 g/mol. The first-order valence-corrected chi connectivity index (χ1v) is 11.4. The highest BCUT2D eigenvalue weighted by molar-refractivity contribution is 6.35. The van der Waals surface area contributed by atoms with Crippen molar-refractivity contribution in [1.82, 2.24) is 15.0 Å². The third kappa shape index (κ3) is 7.61. The summed E-state index contributed by atoms with van der Waals surface area (Å²) in [6.07, 6.45) is 7.53. The Bertz CT molecular complexity index is 1070. The molecule has 6 nitrogen and oxygen atoms in total. The lowest BCUT2D eigenvalue weighted by Gasteiger charge is -2.08. The largest absolute Gasteiger partial charge is 0.351 e. The van der Waals surface area contributed by atoms with Crippen LogP contribution in [0.4, 0.5) is 11.6 Å². The van der Waals surface area contributed by atoms with E-state index in [2.05, 4.69) is 39.1 Å². The summed E-state index contributed by atoms with van der Waals surface area (Å²) in [6, 6.07) is 7.26. The molecule has 0 bridgehead atoms. The molecule has 0 atom stereocenters. The number of carbonyl (C=O) groups excluding carboxylic acids is 1. The fourth-order valence-corrected chi connectivity index (χ4v) is 2.90. The summed E-state index contributed by atoms with van der Waals surface area (Å²) in [5, 5.41) is 4.52. The second-order valence-electron chi connectivity index (χ2n) is 6.65. The van der Waals surface area contributed by atoms with Gasteiger partial charge in [0, 0.05) is 30.4 Å². The summed E-state index contributed by atoms with van der Waals surface area (Å²) < 4.78 is 0. The molecule has 32 heavy (non-hydrogen) atoms. The van der Waals surface area contributed by atoms with Crippen LogP contribution in [0.5, 0.6) is 0 Å². The highest BCUT2D eigenvalue weighted by Crippen LogP contribution is 2.29. The van der Waals surface area contributed by atoms with E-state index in [1.807, 2.05) is 52.1 Å². The first kappa shape index (κ1) is 27.0. The summed E-state index contributed by atoms with van der Waals surface area (Å²) in [4.78, 5) is 27.8. The Morgan fingerprint density at radius 1 is 1.22 bits per heavy atom. The number of nitrogens with one attached hydrogen (secondary N) is 2. The Kier molecular flexibility index (Phi) is 12.0. The van der Waals surface area contributed by atoms with Crippen LogP contribution in [0.1, 0.15) is 77.5 Å². The predicted molar refractivity (Wildman–Crippen MR) is 138 cm³/mol. The number of hydrogen-bond acceptors (Lipinski definition) is 5. The van der Waals surface area contributed by atoms with Crippen molar-refractivity contribution in [3.63, 3.8) is 0 Å². The number of carbonyl (C=O) groups is 1. The molecule has 0 saturated carbocycles. The number of aromatic nitrogens is 3. The minimum absolute atomic E-state index is 0.0423. The number of rotatable bonds is 6. The number of anilines is 2. The lowest BCUT2D eigenvalue weighted by Crippen LogP contribution is -1.99. The topological polar surface area (TPSA) is 83.0 Å². The molecule has 0 aliphatic carbocycles. The van der Waals surface area contributed by atoms with Crippen LogP contribution in [0.25, 0.3) is 16.6 Å². The predicted octanol–water partition coefficient (Wildman–Crippen LogP) is 7.84. The summed E-state index contributed by atoms with van der Waals surface area (Å²) in [5.41, 5.74) is 3.50. The summed E-state index contributed by atoms with van der Waals surface area (Å²) >= 11 is 6.36. The van der Waals surface area contributed by atoms with Gasteiger partial charge in [0.25, 0.3) is 0 Å². The van der Waals surface area contributed by atoms with Crippen molar-refractivity contribution in [2.75, 3.05) is 5.32 Å². The number of nitrogens with zero attached hydrogens (tertiary/aromatic N) is 3. The van der Waals surface area contributed by atoms with Crippen LogP contribution >= 0.6 is 11.6 Å². The van der Waals surface area contributed by atoms with Crippen molar-refractivity contribution in [1.29, 1.82) is 0 Å². The molecule has 0 aliphatic rings. The van der Waals surface area contributed by atoms with Crippen molar-refractivity contribution in [2.45, 2.75) is 61.3 Å². The van der Waals surface area contributed by atoms with Gasteiger partial charge in [0.05, 0.1) is 27.6 Å². The Morgan fingerprint density at radius 3 is 2.50 bits per heavy atom. The van der Waals surface area contributed by atoms with Gasteiger partial charge in [0.15, 0.2) is 5.78 Å². The van der Waals surface area contributed by atoms with Gasteiger partial charge in [-0.05, 0) is 37.6 Å². The minimum Gasteiger partial charge on any atom is -0.351 e. The second-order valence-corrected chi connectivity index (χ2v) is 7.06. The van der Waals surface area contributed by atoms with Crippen molar-refractivity contribution < 1.29 is 4.79 Å². The number of allylic oxidation sites excluding steroid dienone is 1. The highest BCUT2D eigenvalue weighted by atomic mass is 35.5. The maximum atomic E-state index is 11.6. The van der Waals surface area contributed by atoms with E-state index in [0.717, 1.165) is 34.4 Å². The van der Waals surface area contributed by atoms with Gasteiger partial charge < -0.3 is 10.3 Å². The van der Waals surface area contributed by atoms with E-state index in [0.29, 0.717) is 16.7 Å². The van der Waals surface area contributed by atoms with Crippen LogP contribution in [0, 0.1) is 0 Å². The number of hydrogen-bond donors (Lipinski definition) is 2.